The highest BCUT2D eigenvalue weighted by Gasteiger charge is 2.19. The Labute approximate surface area is 150 Å². The van der Waals surface area contributed by atoms with Crippen LogP contribution in [-0.2, 0) is 0 Å². The van der Waals surface area contributed by atoms with E-state index in [9.17, 15) is 13.6 Å². The second kappa shape index (κ2) is 7.47. The molecule has 1 aromatic heterocycles. The number of aromatic nitrogens is 2. The summed E-state index contributed by atoms with van der Waals surface area (Å²) in [5.74, 6) is -0.990. The van der Waals surface area contributed by atoms with Gasteiger partial charge in [-0.15, -0.1) is 0 Å². The van der Waals surface area contributed by atoms with Crippen molar-refractivity contribution in [2.24, 2.45) is 0 Å². The van der Waals surface area contributed by atoms with Gasteiger partial charge in [0.05, 0.1) is 11.4 Å². The highest BCUT2D eigenvalue weighted by atomic mass is 19.1. The summed E-state index contributed by atoms with van der Waals surface area (Å²) in [6.07, 6.45) is 0.793. The molecule has 0 aliphatic heterocycles. The van der Waals surface area contributed by atoms with Crippen LogP contribution in [0.3, 0.4) is 0 Å². The molecule has 0 saturated carbocycles. The predicted octanol–water partition coefficient (Wildman–Crippen LogP) is 4.35. The van der Waals surface area contributed by atoms with E-state index in [-0.39, 0.29) is 23.6 Å². The van der Waals surface area contributed by atoms with Crippen LogP contribution < -0.4 is 5.32 Å². The Balaban J connectivity index is 2.06. The van der Waals surface area contributed by atoms with E-state index >= 15 is 0 Å². The van der Waals surface area contributed by atoms with E-state index in [4.69, 9.17) is 0 Å². The molecule has 0 saturated heterocycles. The van der Waals surface area contributed by atoms with E-state index in [1.54, 1.807) is 30.3 Å². The Morgan fingerprint density at radius 1 is 1.08 bits per heavy atom. The van der Waals surface area contributed by atoms with Gasteiger partial charge in [0.15, 0.2) is 0 Å². The second-order valence-electron chi connectivity index (χ2n) is 6.09. The first-order valence-corrected chi connectivity index (χ1v) is 8.40. The summed E-state index contributed by atoms with van der Waals surface area (Å²) in [4.78, 5) is 12.7. The number of nitrogens with zero attached hydrogens (tertiary/aromatic N) is 2. The molecule has 0 bridgehead atoms. The lowest BCUT2D eigenvalue weighted by Crippen LogP contribution is -2.33. The standard InChI is InChI=1S/C20H19F2N3O/c1-3-13(2)23-20(26)19-12-18(14-4-6-15(21)7-5-14)24-25(19)17-10-8-16(22)9-11-17/h4-13H,3H2,1-2H3,(H,23,26)/t13-/m1/s1. The fourth-order valence-corrected chi connectivity index (χ4v) is 2.48. The van der Waals surface area contributed by atoms with Crippen molar-refractivity contribution < 1.29 is 13.6 Å². The minimum atomic E-state index is -0.370. The Hall–Kier alpha value is -3.02. The molecule has 26 heavy (non-hydrogen) atoms. The molecule has 0 aliphatic rings. The van der Waals surface area contributed by atoms with Gasteiger partial charge in [-0.1, -0.05) is 6.92 Å². The van der Waals surface area contributed by atoms with Gasteiger partial charge in [-0.2, -0.15) is 5.10 Å². The average molecular weight is 355 g/mol. The van der Waals surface area contributed by atoms with Gasteiger partial charge in [0, 0.05) is 11.6 Å². The van der Waals surface area contributed by atoms with Gasteiger partial charge in [-0.25, -0.2) is 13.5 Å². The van der Waals surface area contributed by atoms with Crippen molar-refractivity contribution >= 4 is 5.91 Å². The van der Waals surface area contributed by atoms with Crippen LogP contribution in [0.4, 0.5) is 8.78 Å². The molecule has 134 valence electrons. The smallest absolute Gasteiger partial charge is 0.270 e. The molecule has 0 radical (unpaired) electrons. The van der Waals surface area contributed by atoms with Crippen molar-refractivity contribution in [2.45, 2.75) is 26.3 Å². The van der Waals surface area contributed by atoms with Gasteiger partial charge >= 0.3 is 0 Å². The van der Waals surface area contributed by atoms with E-state index in [0.717, 1.165) is 6.42 Å². The third kappa shape index (κ3) is 3.79. The van der Waals surface area contributed by atoms with Crippen LogP contribution in [0.15, 0.2) is 54.6 Å². The van der Waals surface area contributed by atoms with Crippen molar-refractivity contribution in [2.75, 3.05) is 0 Å². The van der Waals surface area contributed by atoms with Crippen LogP contribution in [0.2, 0.25) is 0 Å². The van der Waals surface area contributed by atoms with E-state index in [0.29, 0.717) is 22.6 Å². The molecule has 0 aliphatic carbocycles. The van der Waals surface area contributed by atoms with Crippen LogP contribution in [0, 0.1) is 11.6 Å². The summed E-state index contributed by atoms with van der Waals surface area (Å²) in [5, 5.41) is 7.38. The molecule has 4 nitrogen and oxygen atoms in total. The Bertz CT molecular complexity index is 902. The lowest BCUT2D eigenvalue weighted by Gasteiger charge is -2.12. The number of rotatable bonds is 5. The van der Waals surface area contributed by atoms with E-state index in [1.807, 2.05) is 13.8 Å². The molecule has 1 amide bonds. The predicted molar refractivity (Wildman–Crippen MR) is 96.1 cm³/mol. The number of carbonyl (C=O) groups is 1. The van der Waals surface area contributed by atoms with Gasteiger partial charge in [0.2, 0.25) is 0 Å². The van der Waals surface area contributed by atoms with E-state index in [2.05, 4.69) is 10.4 Å². The SMILES string of the molecule is CC[C@@H](C)NC(=O)c1cc(-c2ccc(F)cc2)nn1-c1ccc(F)cc1. The maximum atomic E-state index is 13.2. The van der Waals surface area contributed by atoms with Gasteiger partial charge in [-0.05, 0) is 67.9 Å². The number of amides is 1. The third-order valence-corrected chi connectivity index (χ3v) is 4.14. The first-order valence-electron chi connectivity index (χ1n) is 8.40. The molecular formula is C20H19F2N3O. The number of carbonyl (C=O) groups excluding carboxylic acids is 1. The fraction of sp³-hybridized carbons (Fsp3) is 0.200. The third-order valence-electron chi connectivity index (χ3n) is 4.14. The lowest BCUT2D eigenvalue weighted by atomic mass is 10.1. The van der Waals surface area contributed by atoms with E-state index < -0.39 is 0 Å². The second-order valence-corrected chi connectivity index (χ2v) is 6.09. The molecule has 0 fully saturated rings. The Kier molecular flexibility index (Phi) is 5.11. The highest BCUT2D eigenvalue weighted by Crippen LogP contribution is 2.22. The normalized spacial score (nSPS) is 12.0. The van der Waals surface area contributed by atoms with Gasteiger partial charge in [-0.3, -0.25) is 4.79 Å². The highest BCUT2D eigenvalue weighted by molar-refractivity contribution is 5.94. The summed E-state index contributed by atoms with van der Waals surface area (Å²) in [6.45, 7) is 3.89. The first kappa shape index (κ1) is 17.8. The van der Waals surface area contributed by atoms with E-state index in [1.165, 1.54) is 28.9 Å². The summed E-state index contributed by atoms with van der Waals surface area (Å²) in [7, 11) is 0. The molecule has 6 heteroatoms. The quantitative estimate of drug-likeness (QED) is 0.740. The number of halogens is 2. The van der Waals surface area contributed by atoms with Crippen LogP contribution in [-0.4, -0.2) is 21.7 Å². The topological polar surface area (TPSA) is 46.9 Å². The van der Waals surface area contributed by atoms with Gasteiger partial charge < -0.3 is 5.32 Å². The molecule has 3 aromatic rings. The molecule has 0 unspecified atom stereocenters. The summed E-state index contributed by atoms with van der Waals surface area (Å²) in [6, 6.07) is 13.3. The van der Waals surface area contributed by atoms with Gasteiger partial charge in [0.1, 0.15) is 17.3 Å². The van der Waals surface area contributed by atoms with Crippen LogP contribution in [0.25, 0.3) is 16.9 Å². The summed E-state index contributed by atoms with van der Waals surface area (Å²) in [5.41, 5.74) is 2.11. The zero-order valence-corrected chi connectivity index (χ0v) is 14.5. The zero-order valence-electron chi connectivity index (χ0n) is 14.5. The summed E-state index contributed by atoms with van der Waals surface area (Å²) < 4.78 is 27.9. The Morgan fingerprint density at radius 2 is 1.65 bits per heavy atom. The van der Waals surface area contributed by atoms with Crippen LogP contribution in [0.5, 0.6) is 0 Å². The molecule has 2 aromatic carbocycles. The largest absolute Gasteiger partial charge is 0.348 e. The van der Waals surface area contributed by atoms with Crippen molar-refractivity contribution in [3.63, 3.8) is 0 Å². The number of benzene rings is 2. The maximum absolute atomic E-state index is 13.2. The average Bonchev–Trinajstić information content (AvgIpc) is 3.08. The minimum absolute atomic E-state index is 0.00772. The van der Waals surface area contributed by atoms with Crippen molar-refractivity contribution in [1.29, 1.82) is 0 Å². The number of hydrogen-bond acceptors (Lipinski definition) is 2. The first-order chi connectivity index (χ1) is 12.5. The van der Waals surface area contributed by atoms with Crippen LogP contribution >= 0.6 is 0 Å². The monoisotopic (exact) mass is 355 g/mol. The molecule has 1 atom stereocenters. The summed E-state index contributed by atoms with van der Waals surface area (Å²) >= 11 is 0. The molecular weight excluding hydrogens is 336 g/mol. The molecule has 1 N–H and O–H groups in total. The van der Waals surface area contributed by atoms with Crippen molar-refractivity contribution in [3.8, 4) is 16.9 Å². The van der Waals surface area contributed by atoms with Crippen LogP contribution in [0.1, 0.15) is 30.8 Å². The zero-order chi connectivity index (χ0) is 18.7. The lowest BCUT2D eigenvalue weighted by molar-refractivity contribution is 0.0931. The molecule has 0 spiro atoms. The maximum Gasteiger partial charge on any atom is 0.270 e. The minimum Gasteiger partial charge on any atom is -0.348 e. The van der Waals surface area contributed by atoms with Crippen molar-refractivity contribution in [1.82, 2.24) is 15.1 Å². The molecule has 3 rings (SSSR count). The molecule has 1 heterocycles. The fourth-order valence-electron chi connectivity index (χ4n) is 2.48. The Morgan fingerprint density at radius 3 is 2.23 bits per heavy atom. The number of nitrogens with one attached hydrogen (secondary N) is 1. The van der Waals surface area contributed by atoms with Gasteiger partial charge in [0.25, 0.3) is 5.91 Å². The van der Waals surface area contributed by atoms with Crippen molar-refractivity contribution in [3.05, 3.63) is 71.9 Å². The number of hydrogen-bond donors (Lipinski definition) is 1.